The van der Waals surface area contributed by atoms with Crippen LogP contribution in [0.4, 0.5) is 0 Å². The maximum Gasteiger partial charge on any atom is 0.242 e. The number of carbonyl (C=O) groups excluding carboxylic acids is 1. The molecule has 1 N–H and O–H groups in total. The van der Waals surface area contributed by atoms with Crippen LogP contribution in [-0.4, -0.2) is 31.1 Å². The number of hydrogen-bond acceptors (Lipinski definition) is 6. The first kappa shape index (κ1) is 14.6. The van der Waals surface area contributed by atoms with Gasteiger partial charge in [-0.1, -0.05) is 30.3 Å². The maximum absolute atomic E-state index is 12.2. The van der Waals surface area contributed by atoms with Crippen LogP contribution in [-0.2, 0) is 17.9 Å². The fourth-order valence-corrected chi connectivity index (χ4v) is 2.55. The van der Waals surface area contributed by atoms with E-state index in [9.17, 15) is 4.79 Å². The molecule has 0 radical (unpaired) electrons. The topological polar surface area (TPSA) is 98.7 Å². The molecule has 0 saturated heterocycles. The molecule has 0 unspecified atom stereocenters. The van der Waals surface area contributed by atoms with E-state index in [-0.39, 0.29) is 12.5 Å². The Kier molecular flexibility index (Phi) is 3.78. The van der Waals surface area contributed by atoms with Crippen LogP contribution < -0.4 is 5.32 Å². The average Bonchev–Trinajstić information content (AvgIpc) is 3.16. The minimum atomic E-state index is -0.161. The highest BCUT2D eigenvalue weighted by molar-refractivity contribution is 5.75. The quantitative estimate of drug-likeness (QED) is 0.738. The van der Waals surface area contributed by atoms with Crippen molar-refractivity contribution in [3.63, 3.8) is 0 Å². The van der Waals surface area contributed by atoms with Gasteiger partial charge in [0.2, 0.25) is 5.91 Å². The van der Waals surface area contributed by atoms with Crippen LogP contribution in [0.2, 0.25) is 0 Å². The Morgan fingerprint density at radius 3 is 2.92 bits per heavy atom. The Morgan fingerprint density at radius 1 is 1.29 bits per heavy atom. The summed E-state index contributed by atoms with van der Waals surface area (Å²) in [5.41, 5.74) is 1.62. The summed E-state index contributed by atoms with van der Waals surface area (Å²) < 4.78 is 7.01. The summed E-state index contributed by atoms with van der Waals surface area (Å²) >= 11 is 0. The molecule has 2 heterocycles. The third kappa shape index (κ3) is 3.03. The number of benzene rings is 1. The average molecular weight is 324 g/mol. The van der Waals surface area contributed by atoms with Crippen molar-refractivity contribution in [3.05, 3.63) is 48.2 Å². The number of tetrazole rings is 1. The molecule has 1 aromatic carbocycles. The second-order valence-electron chi connectivity index (χ2n) is 5.74. The molecule has 1 saturated carbocycles. The number of amides is 1. The Balaban J connectivity index is 1.39. The van der Waals surface area contributed by atoms with Crippen LogP contribution in [0.5, 0.6) is 0 Å². The van der Waals surface area contributed by atoms with Crippen LogP contribution in [0.25, 0.3) is 11.3 Å². The molecular weight excluding hydrogens is 308 g/mol. The first-order valence-electron chi connectivity index (χ1n) is 7.82. The minimum Gasteiger partial charge on any atom is -0.443 e. The Bertz CT molecular complexity index is 837. The predicted molar refractivity (Wildman–Crippen MR) is 83.6 cm³/mol. The number of carbonyl (C=O) groups is 1. The van der Waals surface area contributed by atoms with Crippen molar-refractivity contribution in [2.45, 2.75) is 31.8 Å². The van der Waals surface area contributed by atoms with Crippen molar-refractivity contribution >= 4 is 5.91 Å². The van der Waals surface area contributed by atoms with Gasteiger partial charge in [-0.2, -0.15) is 0 Å². The summed E-state index contributed by atoms with van der Waals surface area (Å²) in [5, 5.41) is 14.4. The highest BCUT2D eigenvalue weighted by atomic mass is 16.3. The zero-order chi connectivity index (χ0) is 16.4. The second kappa shape index (κ2) is 6.23. The summed E-state index contributed by atoms with van der Waals surface area (Å²) in [6, 6.07) is 9.67. The number of rotatable bonds is 6. The van der Waals surface area contributed by atoms with Crippen LogP contribution in [0.15, 0.2) is 41.1 Å². The molecule has 1 aliphatic rings. The maximum atomic E-state index is 12.2. The van der Waals surface area contributed by atoms with Gasteiger partial charge < -0.3 is 9.73 Å². The Hall–Kier alpha value is -3.03. The van der Waals surface area contributed by atoms with Gasteiger partial charge in [0, 0.05) is 11.5 Å². The van der Waals surface area contributed by atoms with E-state index in [0.29, 0.717) is 23.9 Å². The van der Waals surface area contributed by atoms with E-state index in [0.717, 1.165) is 24.2 Å². The van der Waals surface area contributed by atoms with Crippen molar-refractivity contribution < 1.29 is 9.21 Å². The van der Waals surface area contributed by atoms with Gasteiger partial charge in [-0.3, -0.25) is 4.79 Å². The summed E-state index contributed by atoms with van der Waals surface area (Å²) in [6.45, 7) is 0.401. The molecule has 0 bridgehead atoms. The lowest BCUT2D eigenvalue weighted by Gasteiger charge is -2.06. The Labute approximate surface area is 137 Å². The molecule has 2 aromatic heterocycles. The van der Waals surface area contributed by atoms with Gasteiger partial charge >= 0.3 is 0 Å². The third-order valence-corrected chi connectivity index (χ3v) is 3.93. The summed E-state index contributed by atoms with van der Waals surface area (Å²) in [7, 11) is 0. The van der Waals surface area contributed by atoms with Crippen LogP contribution >= 0.6 is 0 Å². The highest BCUT2D eigenvalue weighted by Gasteiger charge is 2.29. The van der Waals surface area contributed by atoms with E-state index < -0.39 is 0 Å². The monoisotopic (exact) mass is 324 g/mol. The molecule has 1 amide bonds. The minimum absolute atomic E-state index is 0.108. The van der Waals surface area contributed by atoms with E-state index in [1.54, 1.807) is 4.68 Å². The van der Waals surface area contributed by atoms with Crippen LogP contribution in [0.3, 0.4) is 0 Å². The SMILES string of the molecule is O=C(Cn1nnnc1C1CC1)NCc1ncoc1-c1ccccc1. The van der Waals surface area contributed by atoms with Gasteiger partial charge in [0.05, 0.1) is 6.54 Å². The number of nitrogens with zero attached hydrogens (tertiary/aromatic N) is 5. The molecule has 8 nitrogen and oxygen atoms in total. The van der Waals surface area contributed by atoms with E-state index >= 15 is 0 Å². The van der Waals surface area contributed by atoms with Gasteiger partial charge in [-0.25, -0.2) is 9.67 Å². The van der Waals surface area contributed by atoms with E-state index in [1.807, 2.05) is 30.3 Å². The molecule has 0 aliphatic heterocycles. The van der Waals surface area contributed by atoms with Crippen LogP contribution in [0.1, 0.15) is 30.3 Å². The number of oxazole rings is 1. The van der Waals surface area contributed by atoms with Gasteiger partial charge in [-0.05, 0) is 23.3 Å². The number of hydrogen-bond donors (Lipinski definition) is 1. The number of aromatic nitrogens is 5. The Morgan fingerprint density at radius 2 is 2.12 bits per heavy atom. The summed E-state index contributed by atoms with van der Waals surface area (Å²) in [6.07, 6.45) is 3.55. The standard InChI is InChI=1S/C16H16N6O2/c23-14(9-22-16(12-6-7-12)19-20-21-22)17-8-13-15(24-10-18-13)11-4-2-1-3-5-11/h1-5,10,12H,6-9H2,(H,17,23). The largest absolute Gasteiger partial charge is 0.443 e. The lowest BCUT2D eigenvalue weighted by Crippen LogP contribution is -2.28. The van der Waals surface area contributed by atoms with Gasteiger partial charge in [0.15, 0.2) is 18.0 Å². The molecule has 0 spiro atoms. The van der Waals surface area contributed by atoms with Crippen molar-refractivity contribution in [2.24, 2.45) is 0 Å². The second-order valence-corrected chi connectivity index (χ2v) is 5.74. The lowest BCUT2D eigenvalue weighted by atomic mass is 10.1. The molecular formula is C16H16N6O2. The zero-order valence-electron chi connectivity index (χ0n) is 12.9. The number of nitrogens with one attached hydrogen (secondary N) is 1. The molecule has 0 atom stereocenters. The third-order valence-electron chi connectivity index (χ3n) is 3.93. The zero-order valence-corrected chi connectivity index (χ0v) is 12.9. The lowest BCUT2D eigenvalue weighted by molar-refractivity contribution is -0.122. The molecule has 3 aromatic rings. The molecule has 24 heavy (non-hydrogen) atoms. The van der Waals surface area contributed by atoms with Crippen molar-refractivity contribution in [1.82, 2.24) is 30.5 Å². The normalized spacial score (nSPS) is 13.8. The summed E-state index contributed by atoms with van der Waals surface area (Å²) in [5.74, 6) is 1.69. The smallest absolute Gasteiger partial charge is 0.242 e. The van der Waals surface area contributed by atoms with Gasteiger partial charge in [-0.15, -0.1) is 5.10 Å². The molecule has 122 valence electrons. The first-order chi connectivity index (χ1) is 11.8. The van der Waals surface area contributed by atoms with Crippen molar-refractivity contribution in [1.29, 1.82) is 0 Å². The van der Waals surface area contributed by atoms with E-state index in [2.05, 4.69) is 25.8 Å². The van der Waals surface area contributed by atoms with Gasteiger partial charge in [0.25, 0.3) is 0 Å². The summed E-state index contributed by atoms with van der Waals surface area (Å²) in [4.78, 5) is 16.4. The first-order valence-corrected chi connectivity index (χ1v) is 7.82. The van der Waals surface area contributed by atoms with E-state index in [1.165, 1.54) is 6.39 Å². The van der Waals surface area contributed by atoms with E-state index in [4.69, 9.17) is 4.42 Å². The fourth-order valence-electron chi connectivity index (χ4n) is 2.55. The van der Waals surface area contributed by atoms with Crippen molar-refractivity contribution in [3.8, 4) is 11.3 Å². The molecule has 1 fully saturated rings. The predicted octanol–water partition coefficient (Wildman–Crippen LogP) is 1.52. The molecule has 8 heteroatoms. The fraction of sp³-hybridized carbons (Fsp3) is 0.312. The highest BCUT2D eigenvalue weighted by Crippen LogP contribution is 2.38. The molecule has 4 rings (SSSR count). The molecule has 1 aliphatic carbocycles. The van der Waals surface area contributed by atoms with Crippen LogP contribution in [0, 0.1) is 0 Å². The van der Waals surface area contributed by atoms with Crippen molar-refractivity contribution in [2.75, 3.05) is 0 Å². The van der Waals surface area contributed by atoms with Gasteiger partial charge in [0.1, 0.15) is 12.2 Å².